The number of amides is 2. The Kier molecular flexibility index (Phi) is 7.98. The van der Waals surface area contributed by atoms with Crippen LogP contribution < -0.4 is 11.1 Å². The van der Waals surface area contributed by atoms with Crippen molar-refractivity contribution < 1.29 is 22.8 Å². The van der Waals surface area contributed by atoms with Gasteiger partial charge in [0.1, 0.15) is 0 Å². The van der Waals surface area contributed by atoms with Crippen molar-refractivity contribution in [3.63, 3.8) is 0 Å². The molecule has 1 aromatic carbocycles. The number of hydroxylamine groups is 1. The molecule has 0 saturated carbocycles. The van der Waals surface area contributed by atoms with Crippen molar-refractivity contribution in [1.29, 1.82) is 0 Å². The minimum absolute atomic E-state index is 0.0595. The van der Waals surface area contributed by atoms with E-state index in [2.05, 4.69) is 5.32 Å². The molecule has 2 amide bonds. The Hall–Kier alpha value is -2.51. The van der Waals surface area contributed by atoms with E-state index in [9.17, 15) is 18.0 Å². The number of nitrogens with two attached hydrogens (primary N) is 1. The molecule has 1 saturated heterocycles. The normalized spacial score (nSPS) is 22.6. The molecule has 0 radical (unpaired) electrons. The van der Waals surface area contributed by atoms with Gasteiger partial charge in [0.15, 0.2) is 0 Å². The van der Waals surface area contributed by atoms with Gasteiger partial charge in [-0.15, -0.1) is 0 Å². The quantitative estimate of drug-likeness (QED) is 0.503. The number of hydrogen-bond acceptors (Lipinski definition) is 8. The molecule has 0 aliphatic carbocycles. The van der Waals surface area contributed by atoms with Crippen molar-refractivity contribution in [3.8, 4) is 0 Å². The van der Waals surface area contributed by atoms with Crippen LogP contribution in [0.15, 0.2) is 40.9 Å². The van der Waals surface area contributed by atoms with Crippen LogP contribution in [0.3, 0.4) is 0 Å². The SMILES string of the molecule is CCCC1=CC(NC(=O)c2ccccc2S(=O)(=O)N2CCN(C)CC2)(C(N)=O)N(C)N1OCC. The summed E-state index contributed by atoms with van der Waals surface area (Å²) in [5.74, 6) is -1.55. The van der Waals surface area contributed by atoms with Crippen molar-refractivity contribution in [3.05, 3.63) is 41.6 Å². The van der Waals surface area contributed by atoms with Crippen LogP contribution >= 0.6 is 0 Å². The molecular weight excluding hydrogens is 460 g/mol. The van der Waals surface area contributed by atoms with Crippen LogP contribution in [0.1, 0.15) is 37.0 Å². The van der Waals surface area contributed by atoms with E-state index in [1.54, 1.807) is 32.2 Å². The number of nitrogens with one attached hydrogen (secondary N) is 1. The van der Waals surface area contributed by atoms with Crippen LogP contribution in [0.25, 0.3) is 0 Å². The molecule has 2 aliphatic heterocycles. The Balaban J connectivity index is 1.97. The molecule has 3 N–H and O–H groups in total. The lowest BCUT2D eigenvalue weighted by Crippen LogP contribution is -2.66. The van der Waals surface area contributed by atoms with Crippen molar-refractivity contribution in [1.82, 2.24) is 24.7 Å². The number of allylic oxidation sites excluding steroid dienone is 1. The summed E-state index contributed by atoms with van der Waals surface area (Å²) in [7, 11) is -0.416. The van der Waals surface area contributed by atoms with Crippen LogP contribution in [0.5, 0.6) is 0 Å². The van der Waals surface area contributed by atoms with Crippen molar-refractivity contribution in [2.75, 3.05) is 46.9 Å². The summed E-state index contributed by atoms with van der Waals surface area (Å²) < 4.78 is 28.2. The third-order valence-corrected chi connectivity index (χ3v) is 8.01. The Bertz CT molecular complexity index is 1050. The molecule has 34 heavy (non-hydrogen) atoms. The van der Waals surface area contributed by atoms with E-state index in [1.807, 2.05) is 18.9 Å². The van der Waals surface area contributed by atoms with Gasteiger partial charge in [-0.2, -0.15) is 14.5 Å². The number of hydrogen-bond donors (Lipinski definition) is 2. The number of rotatable bonds is 9. The van der Waals surface area contributed by atoms with Crippen LogP contribution in [0.4, 0.5) is 0 Å². The van der Waals surface area contributed by atoms with E-state index in [0.29, 0.717) is 44.9 Å². The molecule has 1 atom stereocenters. The van der Waals surface area contributed by atoms with Crippen LogP contribution in [0.2, 0.25) is 0 Å². The lowest BCUT2D eigenvalue weighted by molar-refractivity contribution is -0.260. The highest BCUT2D eigenvalue weighted by Gasteiger charge is 2.50. The van der Waals surface area contributed by atoms with Gasteiger partial charge in [-0.05, 0) is 38.6 Å². The van der Waals surface area contributed by atoms with Gasteiger partial charge in [0.2, 0.25) is 15.7 Å². The molecule has 11 nitrogen and oxygen atoms in total. The van der Waals surface area contributed by atoms with E-state index >= 15 is 0 Å². The number of carbonyl (C=O) groups is 2. The smallest absolute Gasteiger partial charge is 0.264 e. The zero-order chi connectivity index (χ0) is 25.1. The summed E-state index contributed by atoms with van der Waals surface area (Å²) in [6.45, 7) is 5.97. The third kappa shape index (κ3) is 4.82. The second-order valence-corrected chi connectivity index (χ2v) is 10.3. The number of benzene rings is 1. The standard InChI is InChI=1S/C22H34N6O5S/c1-5-9-17-16-22(21(23)30,26(4)28(17)33-6-2)24-20(29)18-10-7-8-11-19(18)34(31,32)27-14-12-25(3)13-15-27/h7-8,10-11,16H,5-6,9,12-15H2,1-4H3,(H2,23,30)(H,24,29). The first-order valence-electron chi connectivity index (χ1n) is 11.4. The molecular formula is C22H34N6O5S. The van der Waals surface area contributed by atoms with E-state index in [1.165, 1.54) is 26.6 Å². The Morgan fingerprint density at radius 3 is 2.35 bits per heavy atom. The lowest BCUT2D eigenvalue weighted by Gasteiger charge is -2.37. The lowest BCUT2D eigenvalue weighted by atomic mass is 10.1. The molecule has 12 heteroatoms. The number of sulfonamides is 1. The maximum absolute atomic E-state index is 13.5. The Labute approximate surface area is 201 Å². The van der Waals surface area contributed by atoms with Crippen molar-refractivity contribution in [2.45, 2.75) is 37.2 Å². The van der Waals surface area contributed by atoms with E-state index < -0.39 is 27.5 Å². The topological polar surface area (TPSA) is 129 Å². The van der Waals surface area contributed by atoms with Gasteiger partial charge in [0.05, 0.1) is 22.8 Å². The summed E-state index contributed by atoms with van der Waals surface area (Å²) >= 11 is 0. The predicted molar refractivity (Wildman–Crippen MR) is 126 cm³/mol. The molecule has 0 bridgehead atoms. The van der Waals surface area contributed by atoms with Gasteiger partial charge in [-0.3, -0.25) is 14.4 Å². The number of carbonyl (C=O) groups excluding carboxylic acids is 2. The summed E-state index contributed by atoms with van der Waals surface area (Å²) in [6.07, 6.45) is 2.92. The van der Waals surface area contributed by atoms with Crippen molar-refractivity contribution >= 4 is 21.8 Å². The molecule has 1 unspecified atom stereocenters. The Morgan fingerprint density at radius 1 is 1.12 bits per heavy atom. The molecule has 1 aromatic rings. The highest BCUT2D eigenvalue weighted by Crippen LogP contribution is 2.32. The molecule has 0 spiro atoms. The third-order valence-electron chi connectivity index (χ3n) is 6.05. The molecule has 2 aliphatic rings. The average Bonchev–Trinajstić information content (AvgIpc) is 3.06. The largest absolute Gasteiger partial charge is 0.366 e. The molecule has 2 heterocycles. The van der Waals surface area contributed by atoms with Gasteiger partial charge < -0.3 is 16.0 Å². The second-order valence-electron chi connectivity index (χ2n) is 8.39. The van der Waals surface area contributed by atoms with Crippen molar-refractivity contribution in [2.24, 2.45) is 5.73 Å². The summed E-state index contributed by atoms with van der Waals surface area (Å²) in [6, 6.07) is 5.99. The number of hydrazine groups is 1. The maximum Gasteiger partial charge on any atom is 0.264 e. The van der Waals surface area contributed by atoms with Gasteiger partial charge in [0.25, 0.3) is 11.8 Å². The monoisotopic (exact) mass is 494 g/mol. The summed E-state index contributed by atoms with van der Waals surface area (Å²) in [5, 5.41) is 5.54. The van der Waals surface area contributed by atoms with Gasteiger partial charge in [-0.25, -0.2) is 8.42 Å². The Morgan fingerprint density at radius 2 is 1.76 bits per heavy atom. The maximum atomic E-state index is 13.5. The predicted octanol–water partition coefficient (Wildman–Crippen LogP) is 0.332. The number of primary amides is 1. The van der Waals surface area contributed by atoms with Gasteiger partial charge in [0, 0.05) is 33.2 Å². The molecule has 3 rings (SSSR count). The molecule has 0 aromatic heterocycles. The van der Waals surface area contributed by atoms with E-state index in [4.69, 9.17) is 10.6 Å². The zero-order valence-electron chi connectivity index (χ0n) is 20.2. The summed E-state index contributed by atoms with van der Waals surface area (Å²) in [5.41, 5.74) is 4.66. The van der Waals surface area contributed by atoms with Crippen LogP contribution in [0, 0.1) is 0 Å². The fourth-order valence-corrected chi connectivity index (χ4v) is 5.75. The average molecular weight is 495 g/mol. The first-order chi connectivity index (χ1) is 16.1. The first-order valence-corrected chi connectivity index (χ1v) is 12.8. The minimum atomic E-state index is -3.92. The minimum Gasteiger partial charge on any atom is -0.366 e. The number of nitrogens with zero attached hydrogens (tertiary/aromatic N) is 4. The van der Waals surface area contributed by atoms with E-state index in [-0.39, 0.29) is 10.5 Å². The van der Waals surface area contributed by atoms with Gasteiger partial charge in [-0.1, -0.05) is 25.5 Å². The highest BCUT2D eigenvalue weighted by molar-refractivity contribution is 7.89. The van der Waals surface area contributed by atoms with Crippen LogP contribution in [-0.4, -0.2) is 92.2 Å². The number of piperazine rings is 1. The molecule has 1 fully saturated rings. The fourth-order valence-electron chi connectivity index (χ4n) is 4.14. The zero-order valence-corrected chi connectivity index (χ0v) is 21.0. The highest BCUT2D eigenvalue weighted by atomic mass is 32.2. The fraction of sp³-hybridized carbons (Fsp3) is 0.545. The molecule has 188 valence electrons. The van der Waals surface area contributed by atoms with E-state index in [0.717, 1.165) is 6.42 Å². The summed E-state index contributed by atoms with van der Waals surface area (Å²) in [4.78, 5) is 33.7. The van der Waals surface area contributed by atoms with Crippen LogP contribution in [-0.2, 0) is 19.7 Å². The first kappa shape index (κ1) is 26.1. The van der Waals surface area contributed by atoms with Gasteiger partial charge >= 0.3 is 0 Å². The number of likely N-dealkylation sites (N-methyl/N-ethyl adjacent to an activating group) is 2. The second kappa shape index (κ2) is 10.4.